The third-order valence-corrected chi connectivity index (χ3v) is 4.83. The molecular weight excluding hydrogens is 352 g/mol. The molecule has 0 aromatic heterocycles. The molecule has 2 aromatic rings. The number of aliphatic imine (C=N–C) groups is 1. The highest BCUT2D eigenvalue weighted by atomic mass is 16.5. The van der Waals surface area contributed by atoms with E-state index >= 15 is 0 Å². The van der Waals surface area contributed by atoms with Gasteiger partial charge in [0.15, 0.2) is 6.19 Å². The zero-order valence-corrected chi connectivity index (χ0v) is 15.9. The minimum atomic E-state index is -0.929. The number of nitriles is 2. The maximum Gasteiger partial charge on any atom is 0.182 e. The lowest BCUT2D eigenvalue weighted by molar-refractivity contribution is -0.0567. The van der Waals surface area contributed by atoms with Crippen molar-refractivity contribution < 1.29 is 9.84 Å². The number of rotatable bonds is 4. The molecule has 1 aliphatic rings. The third-order valence-electron chi connectivity index (χ3n) is 4.83. The van der Waals surface area contributed by atoms with Gasteiger partial charge in [-0.2, -0.15) is 10.5 Å². The van der Waals surface area contributed by atoms with Gasteiger partial charge in [-0.15, -0.1) is 0 Å². The van der Waals surface area contributed by atoms with Crippen LogP contribution < -0.4 is 10.1 Å². The van der Waals surface area contributed by atoms with Crippen LogP contribution in [-0.2, 0) is 6.42 Å². The van der Waals surface area contributed by atoms with Crippen LogP contribution in [-0.4, -0.2) is 22.6 Å². The fourth-order valence-corrected chi connectivity index (χ4v) is 3.28. The van der Waals surface area contributed by atoms with E-state index in [1.165, 1.54) is 0 Å². The maximum atomic E-state index is 10.9. The number of nitrogens with zero attached hydrogens (tertiary/aromatic N) is 3. The predicted molar refractivity (Wildman–Crippen MR) is 106 cm³/mol. The number of aliphatic hydroxyl groups is 1. The Labute approximate surface area is 164 Å². The molecule has 6 heteroatoms. The molecule has 3 rings (SSSR count). The van der Waals surface area contributed by atoms with Crippen LogP contribution in [0.25, 0.3) is 0 Å². The fourth-order valence-electron chi connectivity index (χ4n) is 3.28. The fraction of sp³-hybridized carbons (Fsp3) is 0.318. The Balaban J connectivity index is 1.96. The molecule has 0 bridgehead atoms. The van der Waals surface area contributed by atoms with E-state index in [0.29, 0.717) is 35.6 Å². The van der Waals surface area contributed by atoms with E-state index in [2.05, 4.69) is 16.4 Å². The van der Waals surface area contributed by atoms with Crippen molar-refractivity contribution >= 4 is 5.84 Å². The highest BCUT2D eigenvalue weighted by Gasteiger charge is 2.43. The molecule has 2 atom stereocenters. The maximum absolute atomic E-state index is 10.9. The molecule has 2 aromatic carbocycles. The van der Waals surface area contributed by atoms with Gasteiger partial charge < -0.3 is 9.84 Å². The molecule has 2 N–H and O–H groups in total. The second kappa shape index (κ2) is 8.12. The number of benzene rings is 2. The van der Waals surface area contributed by atoms with Crippen molar-refractivity contribution in [1.29, 1.82) is 10.5 Å². The van der Waals surface area contributed by atoms with Crippen molar-refractivity contribution in [3.05, 3.63) is 65.2 Å². The molecule has 0 amide bonds. The molecule has 0 aliphatic carbocycles. The molecule has 28 heavy (non-hydrogen) atoms. The van der Waals surface area contributed by atoms with E-state index in [1.54, 1.807) is 32.0 Å². The minimum absolute atomic E-state index is 0.466. The van der Waals surface area contributed by atoms with Gasteiger partial charge in [0.05, 0.1) is 11.6 Å². The Kier molecular flexibility index (Phi) is 5.63. The van der Waals surface area contributed by atoms with Gasteiger partial charge in [-0.1, -0.05) is 30.3 Å². The number of hydrogen-bond acceptors (Lipinski definition) is 5. The Bertz CT molecular complexity index is 955. The Morgan fingerprint density at radius 1 is 1.21 bits per heavy atom. The first-order valence-electron chi connectivity index (χ1n) is 9.11. The highest BCUT2D eigenvalue weighted by molar-refractivity contribution is 5.84. The topological polar surface area (TPSA) is 101 Å². The van der Waals surface area contributed by atoms with Crippen LogP contribution in [0.4, 0.5) is 0 Å². The molecule has 0 radical (unpaired) electrons. The summed E-state index contributed by atoms with van der Waals surface area (Å²) in [6.45, 7) is 3.59. The number of ether oxygens (including phenoxy) is 1. The van der Waals surface area contributed by atoms with Gasteiger partial charge in [-0.05, 0) is 44.0 Å². The van der Waals surface area contributed by atoms with E-state index in [-0.39, 0.29) is 0 Å². The van der Waals surface area contributed by atoms with Crippen LogP contribution in [0.2, 0.25) is 0 Å². The third kappa shape index (κ3) is 4.14. The van der Waals surface area contributed by atoms with Gasteiger partial charge in [-0.25, -0.2) is 0 Å². The molecule has 0 fully saturated rings. The molecule has 6 nitrogen and oxygen atoms in total. The zero-order valence-electron chi connectivity index (χ0n) is 15.9. The van der Waals surface area contributed by atoms with Crippen molar-refractivity contribution in [1.82, 2.24) is 5.32 Å². The normalized spacial score (nSPS) is 20.2. The first-order valence-corrected chi connectivity index (χ1v) is 9.11. The first kappa shape index (κ1) is 19.4. The summed E-state index contributed by atoms with van der Waals surface area (Å²) in [6.07, 6.45) is 2.23. The van der Waals surface area contributed by atoms with Crippen molar-refractivity contribution in [2.24, 2.45) is 4.99 Å². The minimum Gasteiger partial charge on any atom is -0.485 e. The van der Waals surface area contributed by atoms with Crippen LogP contribution in [0.5, 0.6) is 5.75 Å². The Hall–Kier alpha value is -3.35. The molecule has 1 heterocycles. The number of amidine groups is 1. The van der Waals surface area contributed by atoms with Gasteiger partial charge in [0.1, 0.15) is 29.3 Å². The predicted octanol–water partition coefficient (Wildman–Crippen LogP) is 3.23. The van der Waals surface area contributed by atoms with E-state index in [9.17, 15) is 10.4 Å². The second-order valence-electron chi connectivity index (χ2n) is 7.26. The van der Waals surface area contributed by atoms with Crippen LogP contribution in [0.1, 0.15) is 43.0 Å². The molecule has 0 saturated carbocycles. The van der Waals surface area contributed by atoms with E-state index < -0.39 is 17.7 Å². The highest BCUT2D eigenvalue weighted by Crippen LogP contribution is 2.42. The largest absolute Gasteiger partial charge is 0.485 e. The number of aliphatic hydroxyl groups excluding tert-OH is 1. The molecule has 2 unspecified atom stereocenters. The molecule has 142 valence electrons. The van der Waals surface area contributed by atoms with Crippen molar-refractivity contribution in [3.63, 3.8) is 0 Å². The standard InChI is InChI=1S/C22H22N4O2/c1-22(2)21(27)20(17-12-16(13-23)8-10-18(17)28-22)26-19(25-14-24)11-9-15-6-4-3-5-7-15/h3-8,10,12,20-21,27H,9,11H2,1-2H3,(H,25,26). The summed E-state index contributed by atoms with van der Waals surface area (Å²) in [6, 6.07) is 16.5. The van der Waals surface area contributed by atoms with Gasteiger partial charge in [-0.3, -0.25) is 10.3 Å². The number of aryl methyl sites for hydroxylation is 1. The number of fused-ring (bicyclic) bond motifs is 1. The van der Waals surface area contributed by atoms with Crippen molar-refractivity contribution in [2.45, 2.75) is 44.4 Å². The molecule has 1 aliphatic heterocycles. The summed E-state index contributed by atoms with van der Waals surface area (Å²) >= 11 is 0. The molecule has 0 spiro atoms. The van der Waals surface area contributed by atoms with Crippen molar-refractivity contribution in [2.75, 3.05) is 0 Å². The van der Waals surface area contributed by atoms with Crippen LogP contribution in [0.3, 0.4) is 0 Å². The van der Waals surface area contributed by atoms with Gasteiger partial charge in [0.2, 0.25) is 0 Å². The van der Waals surface area contributed by atoms with Gasteiger partial charge in [0.25, 0.3) is 0 Å². The molecule has 0 saturated heterocycles. The Morgan fingerprint density at radius 3 is 2.64 bits per heavy atom. The average Bonchev–Trinajstić information content (AvgIpc) is 2.70. The number of hydrogen-bond donors (Lipinski definition) is 2. The van der Waals surface area contributed by atoms with Crippen LogP contribution >= 0.6 is 0 Å². The van der Waals surface area contributed by atoms with Gasteiger partial charge in [0, 0.05) is 12.0 Å². The Morgan fingerprint density at radius 2 is 1.96 bits per heavy atom. The summed E-state index contributed by atoms with van der Waals surface area (Å²) < 4.78 is 5.92. The van der Waals surface area contributed by atoms with Crippen molar-refractivity contribution in [3.8, 4) is 18.0 Å². The van der Waals surface area contributed by atoms with Gasteiger partial charge >= 0.3 is 0 Å². The quantitative estimate of drug-likeness (QED) is 0.370. The summed E-state index contributed by atoms with van der Waals surface area (Å²) in [5.74, 6) is 1.07. The lowest BCUT2D eigenvalue weighted by Gasteiger charge is -2.40. The smallest absolute Gasteiger partial charge is 0.182 e. The summed E-state index contributed by atoms with van der Waals surface area (Å²) in [5, 5.41) is 31.9. The monoisotopic (exact) mass is 374 g/mol. The first-order chi connectivity index (χ1) is 13.4. The van der Waals surface area contributed by atoms with E-state index in [0.717, 1.165) is 5.56 Å². The average molecular weight is 374 g/mol. The van der Waals surface area contributed by atoms with Crippen LogP contribution in [0, 0.1) is 22.8 Å². The SMILES string of the molecule is CC1(C)Oc2ccc(C#N)cc2C(N=C(CCc2ccccc2)NC#N)C1O. The zero-order chi connectivity index (χ0) is 20.1. The summed E-state index contributed by atoms with van der Waals surface area (Å²) in [7, 11) is 0. The summed E-state index contributed by atoms with van der Waals surface area (Å²) in [5.41, 5.74) is 1.39. The lowest BCUT2D eigenvalue weighted by Crippen LogP contribution is -2.48. The second-order valence-corrected chi connectivity index (χ2v) is 7.26. The summed E-state index contributed by atoms with van der Waals surface area (Å²) in [4.78, 5) is 4.68. The lowest BCUT2D eigenvalue weighted by atomic mass is 9.86. The van der Waals surface area contributed by atoms with Crippen LogP contribution in [0.15, 0.2) is 53.5 Å². The number of nitrogens with one attached hydrogen (secondary N) is 1. The molecular formula is C22H22N4O2. The van der Waals surface area contributed by atoms with E-state index in [4.69, 9.17) is 10.00 Å². The van der Waals surface area contributed by atoms with E-state index in [1.807, 2.05) is 36.5 Å².